The molecule has 3 atom stereocenters. The molecule has 3 heterocycles. The van der Waals surface area contributed by atoms with E-state index in [0.29, 0.717) is 22.6 Å². The van der Waals surface area contributed by atoms with Gasteiger partial charge < -0.3 is 14.0 Å². The van der Waals surface area contributed by atoms with Crippen LogP contribution in [0.2, 0.25) is 5.15 Å². The van der Waals surface area contributed by atoms with Crippen LogP contribution in [0, 0.1) is 5.92 Å². The predicted molar refractivity (Wildman–Crippen MR) is 86.3 cm³/mol. The minimum atomic E-state index is 0.00317. The van der Waals surface area contributed by atoms with Crippen molar-refractivity contribution in [2.75, 3.05) is 13.2 Å². The summed E-state index contributed by atoms with van der Waals surface area (Å²) in [5, 5.41) is 0.418. The van der Waals surface area contributed by atoms with Crippen molar-refractivity contribution < 1.29 is 9.47 Å². The lowest BCUT2D eigenvalue weighted by Gasteiger charge is -2.24. The van der Waals surface area contributed by atoms with E-state index >= 15 is 0 Å². The summed E-state index contributed by atoms with van der Waals surface area (Å²) < 4.78 is 13.7. The van der Waals surface area contributed by atoms with Gasteiger partial charge in [-0.2, -0.15) is 0 Å². The van der Waals surface area contributed by atoms with Crippen LogP contribution in [-0.2, 0) is 9.47 Å². The molecule has 0 bridgehead atoms. The normalized spacial score (nSPS) is 28.5. The van der Waals surface area contributed by atoms with E-state index in [1.54, 1.807) is 0 Å². The van der Waals surface area contributed by atoms with Gasteiger partial charge in [-0.25, -0.2) is 15.0 Å². The lowest BCUT2D eigenvalue weighted by Crippen LogP contribution is -2.24. The van der Waals surface area contributed by atoms with Crippen molar-refractivity contribution in [1.29, 1.82) is 0 Å². The van der Waals surface area contributed by atoms with Crippen molar-refractivity contribution in [1.82, 2.24) is 19.5 Å². The van der Waals surface area contributed by atoms with E-state index in [4.69, 9.17) is 21.1 Å². The van der Waals surface area contributed by atoms with Crippen LogP contribution in [0.15, 0.2) is 12.7 Å². The number of nitrogens with zero attached hydrogens (tertiary/aromatic N) is 4. The van der Waals surface area contributed by atoms with Gasteiger partial charge >= 0.3 is 0 Å². The minimum absolute atomic E-state index is 0.00317. The molecule has 0 aromatic carbocycles. The predicted octanol–water partition coefficient (Wildman–Crippen LogP) is 3.36. The van der Waals surface area contributed by atoms with E-state index in [1.165, 1.54) is 12.7 Å². The molecule has 3 unspecified atom stereocenters. The molecule has 1 aliphatic carbocycles. The van der Waals surface area contributed by atoms with Crippen LogP contribution in [0.5, 0.6) is 0 Å². The quantitative estimate of drug-likeness (QED) is 0.801. The Hall–Kier alpha value is -1.24. The Balaban J connectivity index is 1.38. The molecular weight excluding hydrogens is 316 g/mol. The van der Waals surface area contributed by atoms with Gasteiger partial charge in [0.1, 0.15) is 11.8 Å². The van der Waals surface area contributed by atoms with Crippen molar-refractivity contribution >= 4 is 22.8 Å². The SMILES string of the molecule is Clc1ncnc2c1ncn2C1CCC(COC2CCCCO2)C1. The molecule has 1 saturated carbocycles. The van der Waals surface area contributed by atoms with Gasteiger partial charge in [0.05, 0.1) is 12.9 Å². The molecular formula is C16H21ClN4O2. The number of ether oxygens (including phenoxy) is 2. The minimum Gasteiger partial charge on any atom is -0.353 e. The zero-order valence-electron chi connectivity index (χ0n) is 13.0. The molecule has 124 valence electrons. The van der Waals surface area contributed by atoms with E-state index in [0.717, 1.165) is 51.0 Å². The highest BCUT2D eigenvalue weighted by molar-refractivity contribution is 6.33. The number of hydrogen-bond donors (Lipinski definition) is 0. The Labute approximate surface area is 140 Å². The first-order valence-corrected chi connectivity index (χ1v) is 8.75. The zero-order valence-corrected chi connectivity index (χ0v) is 13.8. The fourth-order valence-electron chi connectivity index (χ4n) is 3.63. The lowest BCUT2D eigenvalue weighted by atomic mass is 10.1. The fraction of sp³-hybridized carbons (Fsp3) is 0.688. The number of hydrogen-bond acceptors (Lipinski definition) is 5. The van der Waals surface area contributed by atoms with Gasteiger partial charge in [-0.1, -0.05) is 11.6 Å². The van der Waals surface area contributed by atoms with Gasteiger partial charge in [0.25, 0.3) is 0 Å². The highest BCUT2D eigenvalue weighted by Gasteiger charge is 2.28. The third kappa shape index (κ3) is 3.20. The van der Waals surface area contributed by atoms with Crippen molar-refractivity contribution in [3.8, 4) is 0 Å². The van der Waals surface area contributed by atoms with Crippen LogP contribution < -0.4 is 0 Å². The average molecular weight is 337 g/mol. The van der Waals surface area contributed by atoms with E-state index in [2.05, 4.69) is 19.5 Å². The summed E-state index contributed by atoms with van der Waals surface area (Å²) in [6.45, 7) is 1.61. The monoisotopic (exact) mass is 336 g/mol. The maximum Gasteiger partial charge on any atom is 0.165 e. The summed E-state index contributed by atoms with van der Waals surface area (Å²) in [7, 11) is 0. The van der Waals surface area contributed by atoms with Gasteiger partial charge in [0.2, 0.25) is 0 Å². The molecule has 2 aromatic heterocycles. The van der Waals surface area contributed by atoms with Crippen LogP contribution in [0.25, 0.3) is 11.2 Å². The van der Waals surface area contributed by atoms with Crippen molar-refractivity contribution in [2.24, 2.45) is 5.92 Å². The van der Waals surface area contributed by atoms with Gasteiger partial charge in [-0.15, -0.1) is 0 Å². The molecule has 0 radical (unpaired) electrons. The second-order valence-corrected chi connectivity index (χ2v) is 6.81. The van der Waals surface area contributed by atoms with Gasteiger partial charge in [-0.3, -0.25) is 0 Å². The first-order valence-electron chi connectivity index (χ1n) is 8.37. The first-order chi connectivity index (χ1) is 11.3. The summed E-state index contributed by atoms with van der Waals surface area (Å²) in [6, 6.07) is 0.409. The summed E-state index contributed by atoms with van der Waals surface area (Å²) in [5.74, 6) is 0.570. The molecule has 1 saturated heterocycles. The molecule has 6 nitrogen and oxygen atoms in total. The van der Waals surface area contributed by atoms with Gasteiger partial charge in [0.15, 0.2) is 17.1 Å². The molecule has 1 aliphatic heterocycles. The molecule has 23 heavy (non-hydrogen) atoms. The maximum atomic E-state index is 6.08. The topological polar surface area (TPSA) is 62.1 Å². The molecule has 0 N–H and O–H groups in total. The Bertz CT molecular complexity index is 671. The summed E-state index contributed by atoms with van der Waals surface area (Å²) in [4.78, 5) is 12.7. The highest BCUT2D eigenvalue weighted by Crippen LogP contribution is 2.36. The molecule has 7 heteroatoms. The highest BCUT2D eigenvalue weighted by atomic mass is 35.5. The number of fused-ring (bicyclic) bond motifs is 1. The van der Waals surface area contributed by atoms with Crippen molar-refractivity contribution in [2.45, 2.75) is 50.9 Å². The second kappa shape index (κ2) is 6.71. The van der Waals surface area contributed by atoms with E-state index < -0.39 is 0 Å². The Kier molecular flexibility index (Phi) is 4.46. The fourth-order valence-corrected chi connectivity index (χ4v) is 3.81. The van der Waals surface area contributed by atoms with Crippen LogP contribution in [-0.4, -0.2) is 39.0 Å². The first kappa shape index (κ1) is 15.3. The largest absolute Gasteiger partial charge is 0.353 e. The molecule has 0 amide bonds. The Morgan fingerprint density at radius 3 is 3.04 bits per heavy atom. The third-order valence-corrected chi connectivity index (χ3v) is 5.15. The summed E-state index contributed by atoms with van der Waals surface area (Å²) in [6.07, 6.45) is 10.1. The van der Waals surface area contributed by atoms with Crippen molar-refractivity contribution in [3.05, 3.63) is 17.8 Å². The molecule has 0 spiro atoms. The average Bonchev–Trinajstić information content (AvgIpc) is 3.21. The van der Waals surface area contributed by atoms with Gasteiger partial charge in [-0.05, 0) is 44.4 Å². The van der Waals surface area contributed by atoms with Crippen LogP contribution >= 0.6 is 11.6 Å². The van der Waals surface area contributed by atoms with Crippen LogP contribution in [0.1, 0.15) is 44.6 Å². The van der Waals surface area contributed by atoms with Crippen LogP contribution in [0.3, 0.4) is 0 Å². The molecule has 2 aliphatic rings. The number of imidazole rings is 1. The smallest absolute Gasteiger partial charge is 0.165 e. The number of rotatable bonds is 4. The molecule has 2 fully saturated rings. The third-order valence-electron chi connectivity index (χ3n) is 4.88. The van der Waals surface area contributed by atoms with Crippen molar-refractivity contribution in [3.63, 3.8) is 0 Å². The number of halogens is 1. The Morgan fingerprint density at radius 2 is 2.17 bits per heavy atom. The summed E-state index contributed by atoms with van der Waals surface area (Å²) in [5.41, 5.74) is 1.51. The molecule has 2 aromatic rings. The standard InChI is InChI=1S/C16H21ClN4O2/c17-15-14-16(19-9-18-15)21(10-20-14)12-5-4-11(7-12)8-23-13-3-1-2-6-22-13/h9-13H,1-8H2. The zero-order chi connectivity index (χ0) is 15.6. The van der Waals surface area contributed by atoms with E-state index in [9.17, 15) is 0 Å². The van der Waals surface area contributed by atoms with E-state index in [1.807, 2.05) is 6.33 Å². The van der Waals surface area contributed by atoms with Gasteiger partial charge in [0, 0.05) is 12.6 Å². The number of aromatic nitrogens is 4. The van der Waals surface area contributed by atoms with E-state index in [-0.39, 0.29) is 6.29 Å². The Morgan fingerprint density at radius 1 is 1.22 bits per heavy atom. The lowest BCUT2D eigenvalue weighted by molar-refractivity contribution is -0.168. The molecule has 4 rings (SSSR count). The maximum absolute atomic E-state index is 6.08. The summed E-state index contributed by atoms with van der Waals surface area (Å²) >= 11 is 6.08. The van der Waals surface area contributed by atoms with Crippen LogP contribution in [0.4, 0.5) is 0 Å². The second-order valence-electron chi connectivity index (χ2n) is 6.45.